The van der Waals surface area contributed by atoms with Crippen molar-refractivity contribution >= 4 is 43.9 Å². The maximum absolute atomic E-state index is 13.8. The Morgan fingerprint density at radius 1 is 1.02 bits per heavy atom. The van der Waals surface area contributed by atoms with Gasteiger partial charge in [0.25, 0.3) is 21.5 Å². The van der Waals surface area contributed by atoms with Crippen LogP contribution in [-0.2, 0) is 34.6 Å². The van der Waals surface area contributed by atoms with Crippen LogP contribution in [0.2, 0.25) is 0 Å². The number of aryl methyl sites for hydroxylation is 1. The van der Waals surface area contributed by atoms with Gasteiger partial charge in [-0.3, -0.25) is 19.0 Å². The minimum atomic E-state index is -4.09. The molecule has 1 aliphatic rings. The Kier molecular flexibility index (Phi) is 7.87. The van der Waals surface area contributed by atoms with Gasteiger partial charge in [0.15, 0.2) is 0 Å². The molecule has 2 N–H and O–H groups in total. The molecule has 0 fully saturated rings. The van der Waals surface area contributed by atoms with Gasteiger partial charge in [-0.05, 0) is 81.5 Å². The van der Waals surface area contributed by atoms with E-state index < -0.39 is 27.5 Å². The first-order chi connectivity index (χ1) is 19.6. The van der Waals surface area contributed by atoms with E-state index in [0.29, 0.717) is 17.8 Å². The van der Waals surface area contributed by atoms with Crippen molar-refractivity contribution in [1.29, 1.82) is 0 Å². The zero-order valence-electron chi connectivity index (χ0n) is 22.9. The van der Waals surface area contributed by atoms with Crippen LogP contribution in [0.4, 0.5) is 10.7 Å². The topological polar surface area (TPSA) is 128 Å². The highest BCUT2D eigenvalue weighted by atomic mass is 32.2. The summed E-state index contributed by atoms with van der Waals surface area (Å²) in [5.41, 5.74) is 2.20. The van der Waals surface area contributed by atoms with E-state index in [0.717, 1.165) is 29.7 Å². The number of nitrogens with zero attached hydrogens (tertiary/aromatic N) is 2. The molecule has 0 atom stereocenters. The predicted octanol–water partition coefficient (Wildman–Crippen LogP) is 4.65. The molecule has 5 rings (SSSR count). The summed E-state index contributed by atoms with van der Waals surface area (Å²) >= 11 is 1.24. The van der Waals surface area contributed by atoms with E-state index >= 15 is 0 Å². The fraction of sp³-hybridized carbons (Fsp3) is 0.276. The van der Waals surface area contributed by atoms with E-state index in [9.17, 15) is 22.8 Å². The predicted molar refractivity (Wildman–Crippen MR) is 158 cm³/mol. The van der Waals surface area contributed by atoms with Crippen LogP contribution in [0.25, 0.3) is 5.69 Å². The van der Waals surface area contributed by atoms with Gasteiger partial charge < -0.3 is 10.1 Å². The van der Waals surface area contributed by atoms with Crippen molar-refractivity contribution in [1.82, 2.24) is 9.36 Å². The standard InChI is InChI=1S/C29H30N4O6S2/c1-4-39-29(36)19-14-16-21(17-15-19)41(37,38)31-27-24(22-12-8-9-13-23(22)40-27)26(34)30-25-18(2)32(3)33(28(25)35)20-10-6-5-7-11-20/h5-7,10-11,14-17,31H,4,8-9,12-13H2,1-3H3,(H,30,34). The molecule has 0 unspecified atom stereocenters. The van der Waals surface area contributed by atoms with Crippen LogP contribution >= 0.6 is 11.3 Å². The van der Waals surface area contributed by atoms with Crippen molar-refractivity contribution in [2.45, 2.75) is 44.4 Å². The van der Waals surface area contributed by atoms with Gasteiger partial charge in [0.1, 0.15) is 10.7 Å². The number of fused-ring (bicyclic) bond motifs is 1. The van der Waals surface area contributed by atoms with Crippen molar-refractivity contribution in [3.05, 3.63) is 92.2 Å². The fourth-order valence-corrected chi connectivity index (χ4v) is 7.52. The van der Waals surface area contributed by atoms with Crippen LogP contribution in [0.15, 0.2) is 64.3 Å². The SMILES string of the molecule is CCOC(=O)c1ccc(S(=O)(=O)Nc2sc3c(c2C(=O)Nc2c(C)n(C)n(-c4ccccc4)c2=O)CCCC3)cc1. The summed E-state index contributed by atoms with van der Waals surface area (Å²) in [7, 11) is -2.36. The second kappa shape index (κ2) is 11.4. The Bertz CT molecular complexity index is 1790. The number of rotatable bonds is 8. The molecule has 4 aromatic rings. The number of sulfonamides is 1. The molecule has 1 amide bonds. The largest absolute Gasteiger partial charge is 0.462 e. The zero-order chi connectivity index (χ0) is 29.3. The minimum absolute atomic E-state index is 0.0621. The number of anilines is 2. The number of thiophene rings is 1. The highest BCUT2D eigenvalue weighted by Crippen LogP contribution is 2.39. The summed E-state index contributed by atoms with van der Waals surface area (Å²) in [6.07, 6.45) is 3.18. The van der Waals surface area contributed by atoms with Crippen LogP contribution in [0.5, 0.6) is 0 Å². The van der Waals surface area contributed by atoms with E-state index in [2.05, 4.69) is 10.0 Å². The Morgan fingerprint density at radius 2 is 1.71 bits per heavy atom. The first-order valence-electron chi connectivity index (χ1n) is 13.2. The third kappa shape index (κ3) is 5.44. The molecule has 0 spiro atoms. The molecule has 0 saturated heterocycles. The van der Waals surface area contributed by atoms with Crippen molar-refractivity contribution in [3.8, 4) is 5.69 Å². The second-order valence-electron chi connectivity index (χ2n) is 9.66. The van der Waals surface area contributed by atoms with Gasteiger partial charge in [-0.25, -0.2) is 17.9 Å². The van der Waals surface area contributed by atoms with Crippen molar-refractivity contribution in [2.24, 2.45) is 7.05 Å². The molecule has 0 bridgehead atoms. The molecule has 0 saturated carbocycles. The average molecular weight is 595 g/mol. The molecule has 2 aromatic carbocycles. The van der Waals surface area contributed by atoms with Crippen LogP contribution in [-0.4, -0.2) is 36.3 Å². The first-order valence-corrected chi connectivity index (χ1v) is 15.5. The maximum Gasteiger partial charge on any atom is 0.338 e. The molecule has 41 heavy (non-hydrogen) atoms. The molecule has 1 aliphatic carbocycles. The lowest BCUT2D eigenvalue weighted by Gasteiger charge is -2.13. The van der Waals surface area contributed by atoms with Gasteiger partial charge in [-0.1, -0.05) is 18.2 Å². The van der Waals surface area contributed by atoms with E-state index in [1.807, 2.05) is 18.2 Å². The number of aromatic nitrogens is 2. The van der Waals surface area contributed by atoms with E-state index in [4.69, 9.17) is 4.74 Å². The Morgan fingerprint density at radius 3 is 2.39 bits per heavy atom. The maximum atomic E-state index is 13.8. The number of para-hydroxylation sites is 1. The average Bonchev–Trinajstić information content (AvgIpc) is 3.42. The number of amides is 1. The monoisotopic (exact) mass is 594 g/mol. The summed E-state index contributed by atoms with van der Waals surface area (Å²) in [6, 6.07) is 14.5. The van der Waals surface area contributed by atoms with Crippen molar-refractivity contribution < 1.29 is 22.7 Å². The highest BCUT2D eigenvalue weighted by molar-refractivity contribution is 7.93. The third-order valence-corrected chi connectivity index (χ3v) is 9.80. The van der Waals surface area contributed by atoms with Gasteiger partial charge >= 0.3 is 5.97 Å². The normalized spacial score (nSPS) is 13.0. The number of carbonyl (C=O) groups is 2. The van der Waals surface area contributed by atoms with Gasteiger partial charge in [-0.15, -0.1) is 11.3 Å². The Hall–Kier alpha value is -4.16. The summed E-state index contributed by atoms with van der Waals surface area (Å²) in [4.78, 5) is 40.1. The van der Waals surface area contributed by atoms with Crippen LogP contribution in [0.3, 0.4) is 0 Å². The van der Waals surface area contributed by atoms with Gasteiger partial charge in [-0.2, -0.15) is 0 Å². The number of hydrogen-bond acceptors (Lipinski definition) is 7. The summed E-state index contributed by atoms with van der Waals surface area (Å²) in [5.74, 6) is -1.09. The number of carbonyl (C=O) groups excluding carboxylic acids is 2. The van der Waals surface area contributed by atoms with Crippen LogP contribution in [0.1, 0.15) is 56.6 Å². The van der Waals surface area contributed by atoms with Gasteiger partial charge in [0.05, 0.1) is 34.0 Å². The molecule has 2 heterocycles. The molecule has 214 valence electrons. The number of benzene rings is 2. The smallest absolute Gasteiger partial charge is 0.338 e. The van der Waals surface area contributed by atoms with Gasteiger partial charge in [0.2, 0.25) is 0 Å². The van der Waals surface area contributed by atoms with E-state index in [1.165, 1.54) is 40.3 Å². The lowest BCUT2D eigenvalue weighted by Crippen LogP contribution is -2.24. The highest BCUT2D eigenvalue weighted by Gasteiger charge is 2.30. The minimum Gasteiger partial charge on any atom is -0.462 e. The fourth-order valence-electron chi connectivity index (χ4n) is 4.93. The summed E-state index contributed by atoms with van der Waals surface area (Å²) in [6.45, 7) is 3.63. The Labute approximate surface area is 241 Å². The third-order valence-electron chi connectivity index (χ3n) is 7.09. The number of esters is 1. The van der Waals surface area contributed by atoms with Crippen molar-refractivity contribution in [2.75, 3.05) is 16.6 Å². The Balaban J connectivity index is 1.49. The first kappa shape index (κ1) is 28.4. The molecule has 2 aromatic heterocycles. The number of hydrogen-bond donors (Lipinski definition) is 2. The molecular formula is C29H30N4O6S2. The van der Waals surface area contributed by atoms with E-state index in [1.54, 1.807) is 37.7 Å². The molecule has 10 nitrogen and oxygen atoms in total. The molecule has 0 aliphatic heterocycles. The van der Waals surface area contributed by atoms with Gasteiger partial charge in [0, 0.05) is 11.9 Å². The van der Waals surface area contributed by atoms with Crippen molar-refractivity contribution in [3.63, 3.8) is 0 Å². The number of nitrogens with one attached hydrogen (secondary N) is 2. The lowest BCUT2D eigenvalue weighted by atomic mass is 9.95. The van der Waals surface area contributed by atoms with E-state index in [-0.39, 0.29) is 33.3 Å². The number of ether oxygens (including phenoxy) is 1. The summed E-state index contributed by atoms with van der Waals surface area (Å²) in [5, 5.41) is 2.98. The quantitative estimate of drug-likeness (QED) is 0.286. The van der Waals surface area contributed by atoms with Crippen LogP contribution < -0.4 is 15.6 Å². The van der Waals surface area contributed by atoms with Crippen LogP contribution in [0, 0.1) is 6.92 Å². The molecule has 12 heteroatoms. The summed E-state index contributed by atoms with van der Waals surface area (Å²) < 4.78 is 37.4. The second-order valence-corrected chi connectivity index (χ2v) is 12.4. The molecular weight excluding hydrogens is 564 g/mol. The zero-order valence-corrected chi connectivity index (χ0v) is 24.5. The lowest BCUT2D eigenvalue weighted by molar-refractivity contribution is 0.0526. The molecule has 0 radical (unpaired) electrons.